The molecular weight excluding hydrogens is 372 g/mol. The topological polar surface area (TPSA) is 39.7 Å². The molecule has 148 valence electrons. The number of guanidine groups is 1. The number of piperidine rings is 1. The minimum absolute atomic E-state index is 0.516. The molecular formula is C21H32N4S2. The van der Waals surface area contributed by atoms with Crippen molar-refractivity contribution < 1.29 is 0 Å². The smallest absolute Gasteiger partial charge is 0.190 e. The monoisotopic (exact) mass is 404 g/mol. The van der Waals surface area contributed by atoms with Gasteiger partial charge >= 0.3 is 0 Å². The molecule has 27 heavy (non-hydrogen) atoms. The SMILES string of the molecule is CN=C(NCC(C)Cc1cccs1)NCC1CCCN(C)C1c1cccs1. The summed E-state index contributed by atoms with van der Waals surface area (Å²) in [6, 6.07) is 9.32. The Labute approximate surface area is 171 Å². The lowest BCUT2D eigenvalue weighted by Gasteiger charge is -2.39. The van der Waals surface area contributed by atoms with E-state index in [9.17, 15) is 0 Å². The van der Waals surface area contributed by atoms with Crippen molar-refractivity contribution in [3.63, 3.8) is 0 Å². The van der Waals surface area contributed by atoms with Crippen LogP contribution in [-0.4, -0.2) is 44.6 Å². The Hall–Kier alpha value is -1.37. The van der Waals surface area contributed by atoms with E-state index >= 15 is 0 Å². The number of likely N-dealkylation sites (tertiary alicyclic amines) is 1. The molecule has 4 nitrogen and oxygen atoms in total. The summed E-state index contributed by atoms with van der Waals surface area (Å²) in [6.07, 6.45) is 3.66. The zero-order valence-electron chi connectivity index (χ0n) is 16.6. The Morgan fingerprint density at radius 2 is 2.07 bits per heavy atom. The van der Waals surface area contributed by atoms with Crippen LogP contribution in [0.2, 0.25) is 0 Å². The molecule has 0 bridgehead atoms. The van der Waals surface area contributed by atoms with Gasteiger partial charge in [0, 0.05) is 35.9 Å². The zero-order valence-corrected chi connectivity index (χ0v) is 18.3. The minimum Gasteiger partial charge on any atom is -0.356 e. The number of hydrogen-bond acceptors (Lipinski definition) is 4. The molecule has 3 heterocycles. The molecule has 3 rings (SSSR count). The van der Waals surface area contributed by atoms with E-state index in [0.717, 1.165) is 25.5 Å². The summed E-state index contributed by atoms with van der Waals surface area (Å²) in [5, 5.41) is 11.4. The number of rotatable bonds is 7. The van der Waals surface area contributed by atoms with E-state index in [4.69, 9.17) is 0 Å². The van der Waals surface area contributed by atoms with Crippen LogP contribution in [0.3, 0.4) is 0 Å². The third-order valence-corrected chi connectivity index (χ3v) is 7.19. The maximum absolute atomic E-state index is 4.43. The van der Waals surface area contributed by atoms with Gasteiger partial charge in [0.1, 0.15) is 0 Å². The predicted octanol–water partition coefficient (Wildman–Crippen LogP) is 4.24. The molecule has 0 radical (unpaired) electrons. The van der Waals surface area contributed by atoms with Crippen LogP contribution in [-0.2, 0) is 6.42 Å². The van der Waals surface area contributed by atoms with Crippen molar-refractivity contribution >= 4 is 28.6 Å². The van der Waals surface area contributed by atoms with Gasteiger partial charge in [-0.3, -0.25) is 9.89 Å². The number of aliphatic imine (C=N–C) groups is 1. The van der Waals surface area contributed by atoms with E-state index in [1.54, 1.807) is 0 Å². The van der Waals surface area contributed by atoms with Crippen LogP contribution in [0, 0.1) is 11.8 Å². The van der Waals surface area contributed by atoms with Gasteiger partial charge in [-0.25, -0.2) is 0 Å². The van der Waals surface area contributed by atoms with Gasteiger partial charge in [0.25, 0.3) is 0 Å². The number of hydrogen-bond donors (Lipinski definition) is 2. The van der Waals surface area contributed by atoms with Gasteiger partial charge in [0.05, 0.1) is 0 Å². The van der Waals surface area contributed by atoms with Crippen LogP contribution < -0.4 is 10.6 Å². The first-order valence-electron chi connectivity index (χ1n) is 9.88. The second-order valence-corrected chi connectivity index (χ2v) is 9.58. The molecule has 2 aromatic heterocycles. The highest BCUT2D eigenvalue weighted by Gasteiger charge is 2.31. The fourth-order valence-corrected chi connectivity index (χ4v) is 5.80. The fourth-order valence-electron chi connectivity index (χ4n) is 3.95. The number of nitrogens with zero attached hydrogens (tertiary/aromatic N) is 2. The molecule has 3 atom stereocenters. The van der Waals surface area contributed by atoms with E-state index in [-0.39, 0.29) is 0 Å². The normalized spacial score (nSPS) is 22.6. The van der Waals surface area contributed by atoms with Crippen molar-refractivity contribution in [2.75, 3.05) is 33.7 Å². The van der Waals surface area contributed by atoms with E-state index < -0.39 is 0 Å². The van der Waals surface area contributed by atoms with Gasteiger partial charge in [0.2, 0.25) is 0 Å². The highest BCUT2D eigenvalue weighted by Crippen LogP contribution is 2.36. The van der Waals surface area contributed by atoms with Gasteiger partial charge in [0.15, 0.2) is 5.96 Å². The molecule has 3 unspecified atom stereocenters. The van der Waals surface area contributed by atoms with Crippen molar-refractivity contribution in [1.82, 2.24) is 15.5 Å². The van der Waals surface area contributed by atoms with Crippen molar-refractivity contribution in [2.24, 2.45) is 16.8 Å². The molecule has 2 aromatic rings. The molecule has 1 fully saturated rings. The van der Waals surface area contributed by atoms with Crippen molar-refractivity contribution in [1.29, 1.82) is 0 Å². The second kappa shape index (κ2) is 10.2. The minimum atomic E-state index is 0.516. The van der Waals surface area contributed by atoms with Crippen LogP contribution in [0.15, 0.2) is 40.0 Å². The third kappa shape index (κ3) is 5.80. The Morgan fingerprint density at radius 3 is 2.78 bits per heavy atom. The Kier molecular flexibility index (Phi) is 7.73. The Bertz CT molecular complexity index is 681. The maximum Gasteiger partial charge on any atom is 0.190 e. The number of thiophene rings is 2. The summed E-state index contributed by atoms with van der Waals surface area (Å²) in [5.41, 5.74) is 0. The standard InChI is InChI=1S/C21H32N4S2/c1-16(13-18-8-5-11-26-18)14-23-21(22-2)24-15-17-7-4-10-25(3)20(17)19-9-6-12-27-19/h5-6,8-9,11-12,16-17,20H,4,7,10,13-15H2,1-3H3,(H2,22,23,24). The summed E-state index contributed by atoms with van der Waals surface area (Å²) < 4.78 is 0. The van der Waals surface area contributed by atoms with Crippen molar-refractivity contribution in [3.8, 4) is 0 Å². The second-order valence-electron chi connectivity index (χ2n) is 7.57. The quantitative estimate of drug-likeness (QED) is 0.536. The van der Waals surface area contributed by atoms with E-state index in [1.807, 2.05) is 29.7 Å². The van der Waals surface area contributed by atoms with Gasteiger partial charge in [-0.1, -0.05) is 19.1 Å². The largest absolute Gasteiger partial charge is 0.356 e. The molecule has 0 aromatic carbocycles. The molecule has 0 amide bonds. The summed E-state index contributed by atoms with van der Waals surface area (Å²) in [4.78, 5) is 9.89. The Balaban J connectivity index is 1.49. The van der Waals surface area contributed by atoms with Crippen LogP contribution >= 0.6 is 22.7 Å². The number of nitrogens with one attached hydrogen (secondary N) is 2. The van der Waals surface area contributed by atoms with Gasteiger partial charge in [-0.15, -0.1) is 22.7 Å². The summed E-state index contributed by atoms with van der Waals surface area (Å²) in [6.45, 7) is 5.39. The first-order valence-corrected chi connectivity index (χ1v) is 11.6. The summed E-state index contributed by atoms with van der Waals surface area (Å²) >= 11 is 3.72. The lowest BCUT2D eigenvalue weighted by molar-refractivity contribution is 0.125. The van der Waals surface area contributed by atoms with Crippen molar-refractivity contribution in [3.05, 3.63) is 44.8 Å². The first-order chi connectivity index (χ1) is 13.2. The molecule has 0 saturated carbocycles. The van der Waals surface area contributed by atoms with Gasteiger partial charge in [-0.2, -0.15) is 0 Å². The molecule has 1 aliphatic rings. The van der Waals surface area contributed by atoms with Crippen LogP contribution in [0.5, 0.6) is 0 Å². The van der Waals surface area contributed by atoms with Crippen LogP contribution in [0.4, 0.5) is 0 Å². The van der Waals surface area contributed by atoms with Gasteiger partial charge in [-0.05, 0) is 67.6 Å². The molecule has 1 aliphatic heterocycles. The Morgan fingerprint density at radius 1 is 1.26 bits per heavy atom. The zero-order chi connectivity index (χ0) is 19.1. The molecule has 0 spiro atoms. The predicted molar refractivity (Wildman–Crippen MR) is 119 cm³/mol. The van der Waals surface area contributed by atoms with E-state index in [0.29, 0.717) is 17.9 Å². The fraction of sp³-hybridized carbons (Fsp3) is 0.571. The van der Waals surface area contributed by atoms with Gasteiger partial charge < -0.3 is 10.6 Å². The van der Waals surface area contributed by atoms with E-state index in [2.05, 4.69) is 69.5 Å². The molecule has 0 aliphatic carbocycles. The van der Waals surface area contributed by atoms with Crippen LogP contribution in [0.1, 0.15) is 35.6 Å². The summed E-state index contributed by atoms with van der Waals surface area (Å²) in [5.74, 6) is 2.12. The third-order valence-electron chi connectivity index (χ3n) is 5.34. The average Bonchev–Trinajstić information content (AvgIpc) is 3.36. The highest BCUT2D eigenvalue weighted by molar-refractivity contribution is 7.10. The van der Waals surface area contributed by atoms with Crippen molar-refractivity contribution in [2.45, 2.75) is 32.2 Å². The molecule has 1 saturated heterocycles. The lowest BCUT2D eigenvalue weighted by Crippen LogP contribution is -2.45. The molecule has 2 N–H and O–H groups in total. The maximum atomic E-state index is 4.43. The highest BCUT2D eigenvalue weighted by atomic mass is 32.1. The van der Waals surface area contributed by atoms with E-state index in [1.165, 1.54) is 29.1 Å². The lowest BCUT2D eigenvalue weighted by atomic mass is 9.88. The average molecular weight is 405 g/mol. The van der Waals surface area contributed by atoms with Crippen LogP contribution in [0.25, 0.3) is 0 Å². The first kappa shape index (κ1) is 20.4. The molecule has 6 heteroatoms. The summed E-state index contributed by atoms with van der Waals surface area (Å²) in [7, 11) is 4.12.